The summed E-state index contributed by atoms with van der Waals surface area (Å²) in [5.41, 5.74) is 0. The fourth-order valence-corrected chi connectivity index (χ4v) is 0.879. The van der Waals surface area contributed by atoms with Crippen LogP contribution in [0.1, 0.15) is 62.3 Å². The fraction of sp³-hybridized carbons (Fsp3) is 0.462. The molecule has 0 N–H and O–H groups in total. The molecule has 0 aromatic carbocycles. The first-order valence-electron chi connectivity index (χ1n) is 10.6. The van der Waals surface area contributed by atoms with Crippen molar-refractivity contribution in [2.24, 2.45) is 17.8 Å². The molecular weight excluding hydrogens is 368 g/mol. The van der Waals surface area contributed by atoms with Gasteiger partial charge >= 0.3 is 0 Å². The van der Waals surface area contributed by atoms with E-state index in [0.29, 0.717) is 0 Å². The van der Waals surface area contributed by atoms with Crippen LogP contribution in [0.3, 0.4) is 0 Å². The van der Waals surface area contributed by atoms with Crippen molar-refractivity contribution in [2.75, 3.05) is 0 Å². The summed E-state index contributed by atoms with van der Waals surface area (Å²) < 4.78 is 0. The number of hydrogen-bond donors (Lipinski definition) is 0. The van der Waals surface area contributed by atoms with E-state index in [1.807, 2.05) is 36.4 Å². The molecule has 30 heavy (non-hydrogen) atoms. The van der Waals surface area contributed by atoms with Crippen molar-refractivity contribution >= 4 is 0 Å². The Kier molecular flexibility index (Phi) is 30.5. The summed E-state index contributed by atoms with van der Waals surface area (Å²) in [6.07, 6.45) is 11.9. The van der Waals surface area contributed by atoms with Gasteiger partial charge in [0.05, 0.1) is 0 Å². The van der Waals surface area contributed by atoms with E-state index in [9.17, 15) is 0 Å². The molecule has 3 heterocycles. The molecule has 0 aliphatic carbocycles. The van der Waals surface area contributed by atoms with Crippen molar-refractivity contribution in [1.82, 2.24) is 19.9 Å². The van der Waals surface area contributed by atoms with Crippen molar-refractivity contribution < 1.29 is 0 Å². The van der Waals surface area contributed by atoms with Crippen molar-refractivity contribution in [3.63, 3.8) is 0 Å². The molecule has 0 bridgehead atoms. The van der Waals surface area contributed by atoms with Crippen molar-refractivity contribution in [3.8, 4) is 0 Å². The van der Waals surface area contributed by atoms with Crippen LogP contribution >= 0.6 is 0 Å². The quantitative estimate of drug-likeness (QED) is 0.381. The van der Waals surface area contributed by atoms with E-state index in [1.165, 1.54) is 6.33 Å². The average Bonchev–Trinajstić information content (AvgIpc) is 2.72. The summed E-state index contributed by atoms with van der Waals surface area (Å²) in [7, 11) is 0. The summed E-state index contributed by atoms with van der Waals surface area (Å²) >= 11 is 0. The van der Waals surface area contributed by atoms with Crippen molar-refractivity contribution in [2.45, 2.75) is 62.3 Å². The molecule has 0 atom stereocenters. The number of pyridine rings is 2. The maximum Gasteiger partial charge on any atom is 0.115 e. The molecule has 0 unspecified atom stereocenters. The Bertz CT molecular complexity index is 408. The summed E-state index contributed by atoms with van der Waals surface area (Å²) in [5.74, 6) is 2.50. The highest BCUT2D eigenvalue weighted by Gasteiger charge is 1.69. The topological polar surface area (TPSA) is 51.6 Å². The molecule has 0 saturated heterocycles. The highest BCUT2D eigenvalue weighted by Crippen LogP contribution is 1.82. The molecule has 0 aliphatic rings. The van der Waals surface area contributed by atoms with Crippen LogP contribution in [0, 0.1) is 17.8 Å². The predicted molar refractivity (Wildman–Crippen MR) is 132 cm³/mol. The minimum Gasteiger partial charge on any atom is -0.265 e. The first-order valence-corrected chi connectivity index (χ1v) is 10.6. The predicted octanol–water partition coefficient (Wildman–Crippen LogP) is 7.63. The molecule has 0 spiro atoms. The van der Waals surface area contributed by atoms with E-state index in [0.717, 1.165) is 17.8 Å². The molecule has 0 fully saturated rings. The van der Waals surface area contributed by atoms with E-state index in [-0.39, 0.29) is 0 Å². The lowest BCUT2D eigenvalue weighted by molar-refractivity contribution is 0.736. The van der Waals surface area contributed by atoms with Crippen LogP contribution < -0.4 is 0 Å². The Morgan fingerprint density at radius 1 is 0.333 bits per heavy atom. The molecule has 4 heteroatoms. The van der Waals surface area contributed by atoms with Gasteiger partial charge in [0, 0.05) is 37.2 Å². The second kappa shape index (κ2) is 28.6. The minimum absolute atomic E-state index is 0.833. The lowest BCUT2D eigenvalue weighted by Gasteiger charge is -1.79. The summed E-state index contributed by atoms with van der Waals surface area (Å²) in [5, 5.41) is 0. The molecule has 3 aromatic rings. The zero-order valence-corrected chi connectivity index (χ0v) is 20.6. The van der Waals surface area contributed by atoms with Gasteiger partial charge in [-0.2, -0.15) is 0 Å². The van der Waals surface area contributed by atoms with Crippen LogP contribution in [0.5, 0.6) is 0 Å². The monoisotopic (exact) mass is 412 g/mol. The maximum atomic E-state index is 3.78. The lowest BCUT2D eigenvalue weighted by Crippen LogP contribution is -1.66. The van der Waals surface area contributed by atoms with Crippen molar-refractivity contribution in [1.29, 1.82) is 0 Å². The van der Waals surface area contributed by atoms with Crippen molar-refractivity contribution in [3.05, 3.63) is 86.0 Å². The highest BCUT2D eigenvalue weighted by atomic mass is 14.8. The first-order chi connectivity index (χ1) is 14.2. The third-order valence-electron chi connectivity index (χ3n) is 1.61. The van der Waals surface area contributed by atoms with Crippen LogP contribution in [-0.2, 0) is 0 Å². The smallest absolute Gasteiger partial charge is 0.115 e. The number of aromatic nitrogens is 4. The number of rotatable bonds is 0. The second-order valence-electron chi connectivity index (χ2n) is 8.15. The molecule has 3 rings (SSSR count). The van der Waals surface area contributed by atoms with Gasteiger partial charge in [0.1, 0.15) is 6.33 Å². The maximum absolute atomic E-state index is 3.78. The molecule has 4 nitrogen and oxygen atoms in total. The summed E-state index contributed by atoms with van der Waals surface area (Å²) in [6, 6.07) is 13.2. The van der Waals surface area contributed by atoms with Crippen LogP contribution in [0.4, 0.5) is 0 Å². The third kappa shape index (κ3) is 63.8. The fourth-order valence-electron chi connectivity index (χ4n) is 0.879. The molecule has 0 radical (unpaired) electrons. The van der Waals surface area contributed by atoms with Gasteiger partial charge in [-0.15, -0.1) is 0 Å². The van der Waals surface area contributed by atoms with E-state index < -0.39 is 0 Å². The molecular formula is C26H44N4. The largest absolute Gasteiger partial charge is 0.265 e. The number of hydrogen-bond acceptors (Lipinski definition) is 4. The third-order valence-corrected chi connectivity index (χ3v) is 1.61. The van der Waals surface area contributed by atoms with Gasteiger partial charge in [-0.05, 0) is 48.1 Å². The normalized spacial score (nSPS) is 8.40. The Labute approximate surface area is 186 Å². The molecule has 0 saturated carbocycles. The van der Waals surface area contributed by atoms with Gasteiger partial charge < -0.3 is 0 Å². The van der Waals surface area contributed by atoms with Gasteiger partial charge in [0.25, 0.3) is 0 Å². The van der Waals surface area contributed by atoms with E-state index in [2.05, 4.69) is 82.2 Å². The average molecular weight is 413 g/mol. The van der Waals surface area contributed by atoms with Gasteiger partial charge in [-0.3, -0.25) is 9.97 Å². The highest BCUT2D eigenvalue weighted by molar-refractivity contribution is 4.88. The number of nitrogens with zero attached hydrogens (tertiary/aromatic N) is 4. The summed E-state index contributed by atoms with van der Waals surface area (Å²) in [6.45, 7) is 19.5. The van der Waals surface area contributed by atoms with E-state index in [4.69, 9.17) is 0 Å². The van der Waals surface area contributed by atoms with Crippen LogP contribution in [0.25, 0.3) is 0 Å². The Balaban J connectivity index is -0.000000296. The second-order valence-corrected chi connectivity index (χ2v) is 8.15. The molecule has 0 amide bonds. The Morgan fingerprint density at radius 2 is 0.567 bits per heavy atom. The van der Waals surface area contributed by atoms with Crippen LogP contribution in [-0.4, -0.2) is 19.9 Å². The van der Waals surface area contributed by atoms with Gasteiger partial charge in [0.2, 0.25) is 0 Å². The summed E-state index contributed by atoms with van der Waals surface area (Å²) in [4.78, 5) is 14.9. The SMILES string of the molecule is CC(C)C.CC(C)C.CC(C)C.c1ccncc1.c1ccncc1.c1cncnc1. The first kappa shape index (κ1) is 32.1. The zero-order chi connectivity index (χ0) is 23.5. The van der Waals surface area contributed by atoms with Gasteiger partial charge in [-0.25, -0.2) is 9.97 Å². The standard InChI is InChI=1S/2C5H5N.C4H4N2.3C4H10/c2*1-2-4-6-5-3-1;1-2-5-4-6-3-1;3*1-4(2)3/h2*1-5H;1-4H;3*4H,1-3H3. The molecule has 3 aromatic heterocycles. The molecule has 0 aliphatic heterocycles. The minimum atomic E-state index is 0.833. The van der Waals surface area contributed by atoms with E-state index >= 15 is 0 Å². The Hall–Kier alpha value is -2.62. The molecule has 168 valence electrons. The van der Waals surface area contributed by atoms with Crippen LogP contribution in [0.15, 0.2) is 86.0 Å². The van der Waals surface area contributed by atoms with Gasteiger partial charge in [0.15, 0.2) is 0 Å². The lowest BCUT2D eigenvalue weighted by atomic mass is 10.3. The Morgan fingerprint density at radius 3 is 0.633 bits per heavy atom. The zero-order valence-electron chi connectivity index (χ0n) is 20.6. The van der Waals surface area contributed by atoms with Crippen LogP contribution in [0.2, 0.25) is 0 Å². The van der Waals surface area contributed by atoms with Gasteiger partial charge in [-0.1, -0.05) is 74.4 Å². The van der Waals surface area contributed by atoms with E-state index in [1.54, 1.807) is 43.2 Å².